The molecule has 1 fully saturated rings. The molecule has 1 saturated heterocycles. The van der Waals surface area contributed by atoms with Crippen molar-refractivity contribution in [3.63, 3.8) is 0 Å². The third-order valence-electron chi connectivity index (χ3n) is 7.65. The molecular weight excluding hydrogens is 522 g/mol. The first-order valence-electron chi connectivity index (χ1n) is 13.8. The fourth-order valence-corrected chi connectivity index (χ4v) is 5.59. The SMILES string of the molecule is CC(=O)Oc1ccccc1C(=O)[O-].COc1cc2c(cc1OC)C(=O)C(CC1CCN(Cc3ccccc3)CC1)C2. The third kappa shape index (κ3) is 7.73. The molecule has 3 aromatic carbocycles. The van der Waals surface area contributed by atoms with Crippen LogP contribution in [0.25, 0.3) is 0 Å². The maximum Gasteiger partial charge on any atom is 0.308 e. The molecule has 3 aromatic rings. The van der Waals surface area contributed by atoms with Gasteiger partial charge in [-0.25, -0.2) is 0 Å². The van der Waals surface area contributed by atoms with E-state index in [0.717, 1.165) is 43.6 Å². The number of Topliss-reactive ketones (excluding diaryl/α,β-unsaturated/α-hetero) is 1. The van der Waals surface area contributed by atoms with Gasteiger partial charge in [0.25, 0.3) is 0 Å². The number of benzene rings is 3. The highest BCUT2D eigenvalue weighted by Crippen LogP contribution is 2.39. The van der Waals surface area contributed by atoms with Crippen molar-refractivity contribution in [2.45, 2.75) is 39.2 Å². The lowest BCUT2D eigenvalue weighted by Crippen LogP contribution is -2.34. The summed E-state index contributed by atoms with van der Waals surface area (Å²) in [4.78, 5) is 36.5. The van der Waals surface area contributed by atoms with Crippen molar-refractivity contribution in [1.29, 1.82) is 0 Å². The Hall–Kier alpha value is -4.17. The number of ketones is 1. The van der Waals surface area contributed by atoms with Crippen LogP contribution >= 0.6 is 0 Å². The van der Waals surface area contributed by atoms with Crippen LogP contribution in [0.4, 0.5) is 0 Å². The first kappa shape index (κ1) is 29.8. The molecule has 1 aliphatic heterocycles. The monoisotopic (exact) mass is 558 g/mol. The van der Waals surface area contributed by atoms with Crippen LogP contribution in [0.5, 0.6) is 17.2 Å². The van der Waals surface area contributed by atoms with Crippen LogP contribution in [0, 0.1) is 11.8 Å². The van der Waals surface area contributed by atoms with Gasteiger partial charge in [-0.3, -0.25) is 14.5 Å². The molecule has 2 aliphatic rings. The molecule has 5 rings (SSSR count). The highest BCUT2D eigenvalue weighted by molar-refractivity contribution is 6.03. The Kier molecular flexibility index (Phi) is 10.1. The quantitative estimate of drug-likeness (QED) is 0.297. The highest BCUT2D eigenvalue weighted by atomic mass is 16.5. The van der Waals surface area contributed by atoms with Gasteiger partial charge in [0.1, 0.15) is 5.75 Å². The smallest absolute Gasteiger partial charge is 0.308 e. The lowest BCUT2D eigenvalue weighted by atomic mass is 9.85. The number of carboxylic acids is 1. The first-order chi connectivity index (χ1) is 19.8. The van der Waals surface area contributed by atoms with Crippen molar-refractivity contribution >= 4 is 17.7 Å². The molecule has 0 N–H and O–H groups in total. The molecule has 0 saturated carbocycles. The summed E-state index contributed by atoms with van der Waals surface area (Å²) < 4.78 is 15.4. The van der Waals surface area contributed by atoms with Crippen molar-refractivity contribution in [3.05, 3.63) is 89.0 Å². The molecule has 1 heterocycles. The maximum atomic E-state index is 12.9. The Bertz CT molecular complexity index is 1360. The normalized spacial score (nSPS) is 16.8. The number of likely N-dealkylation sites (tertiary alicyclic amines) is 1. The number of piperidine rings is 1. The molecule has 0 spiro atoms. The van der Waals surface area contributed by atoms with E-state index in [4.69, 9.17) is 9.47 Å². The van der Waals surface area contributed by atoms with Crippen LogP contribution in [-0.2, 0) is 17.8 Å². The summed E-state index contributed by atoms with van der Waals surface area (Å²) in [7, 11) is 3.26. The van der Waals surface area contributed by atoms with E-state index in [-0.39, 0.29) is 23.0 Å². The largest absolute Gasteiger partial charge is 0.545 e. The van der Waals surface area contributed by atoms with Gasteiger partial charge in [0.15, 0.2) is 17.3 Å². The molecule has 0 aromatic heterocycles. The zero-order valence-electron chi connectivity index (χ0n) is 23.8. The predicted octanol–water partition coefficient (Wildman–Crippen LogP) is 4.34. The number of nitrogens with zero attached hydrogens (tertiary/aromatic N) is 1. The standard InChI is InChI=1S/C24H29NO3.C9H8O4/c1-27-22-14-19-13-20(24(26)21(19)15-23(22)28-2)12-17-8-10-25(11-9-17)16-18-6-4-3-5-7-18;1-6(10)13-8-5-3-2-4-7(8)9(11)12/h3-7,14-15,17,20H,8-13,16H2,1-2H3;2-5H,1H3,(H,11,12)/p-1. The number of carboxylic acid groups (broad SMARTS) is 1. The number of hydrogen-bond donors (Lipinski definition) is 0. The summed E-state index contributed by atoms with van der Waals surface area (Å²) in [6, 6.07) is 20.3. The van der Waals surface area contributed by atoms with Gasteiger partial charge in [0, 0.05) is 30.5 Å². The molecule has 0 amide bonds. The van der Waals surface area contributed by atoms with E-state index < -0.39 is 11.9 Å². The number of hydrogen-bond acceptors (Lipinski definition) is 8. The molecule has 0 bridgehead atoms. The summed E-state index contributed by atoms with van der Waals surface area (Å²) in [6.45, 7) is 4.47. The van der Waals surface area contributed by atoms with Crippen molar-refractivity contribution in [1.82, 2.24) is 4.90 Å². The molecule has 1 unspecified atom stereocenters. The van der Waals surface area contributed by atoms with Gasteiger partial charge in [-0.2, -0.15) is 0 Å². The summed E-state index contributed by atoms with van der Waals surface area (Å²) in [6.07, 6.45) is 4.19. The zero-order valence-corrected chi connectivity index (χ0v) is 23.8. The summed E-state index contributed by atoms with van der Waals surface area (Å²) in [5, 5.41) is 10.5. The number of para-hydroxylation sites is 1. The van der Waals surface area contributed by atoms with E-state index in [9.17, 15) is 19.5 Å². The van der Waals surface area contributed by atoms with E-state index in [1.165, 1.54) is 43.5 Å². The minimum atomic E-state index is -1.36. The average molecular weight is 559 g/mol. The highest BCUT2D eigenvalue weighted by Gasteiger charge is 2.34. The van der Waals surface area contributed by atoms with E-state index in [0.29, 0.717) is 17.4 Å². The first-order valence-corrected chi connectivity index (χ1v) is 13.8. The third-order valence-corrected chi connectivity index (χ3v) is 7.65. The lowest BCUT2D eigenvalue weighted by Gasteiger charge is -2.32. The molecule has 1 aliphatic carbocycles. The number of carbonyl (C=O) groups is 3. The van der Waals surface area contributed by atoms with Gasteiger partial charge < -0.3 is 24.1 Å². The van der Waals surface area contributed by atoms with Gasteiger partial charge >= 0.3 is 5.97 Å². The van der Waals surface area contributed by atoms with Crippen LogP contribution < -0.4 is 19.3 Å². The molecular formula is C33H36NO7-. The van der Waals surface area contributed by atoms with Crippen LogP contribution in [-0.4, -0.2) is 49.9 Å². The molecule has 1 atom stereocenters. The number of carbonyl (C=O) groups excluding carboxylic acids is 3. The number of ether oxygens (including phenoxy) is 3. The second kappa shape index (κ2) is 13.9. The number of fused-ring (bicyclic) bond motifs is 1. The van der Waals surface area contributed by atoms with Gasteiger partial charge in [-0.1, -0.05) is 42.5 Å². The van der Waals surface area contributed by atoms with E-state index in [2.05, 4.69) is 40.0 Å². The Labute approximate surface area is 240 Å². The molecule has 41 heavy (non-hydrogen) atoms. The summed E-state index contributed by atoms with van der Waals surface area (Å²) >= 11 is 0. The fourth-order valence-electron chi connectivity index (χ4n) is 5.59. The van der Waals surface area contributed by atoms with E-state index in [1.807, 2.05) is 12.1 Å². The van der Waals surface area contributed by atoms with Crippen molar-refractivity contribution in [3.8, 4) is 17.2 Å². The van der Waals surface area contributed by atoms with Crippen molar-refractivity contribution in [2.24, 2.45) is 11.8 Å². The Morgan fingerprint density at radius 1 is 0.902 bits per heavy atom. The van der Waals surface area contributed by atoms with E-state index in [1.54, 1.807) is 20.3 Å². The van der Waals surface area contributed by atoms with Crippen LogP contribution in [0.1, 0.15) is 58.0 Å². The minimum Gasteiger partial charge on any atom is -0.545 e. The number of esters is 1. The second-order valence-corrected chi connectivity index (χ2v) is 10.4. The Balaban J connectivity index is 0.000000251. The van der Waals surface area contributed by atoms with E-state index >= 15 is 0 Å². The van der Waals surface area contributed by atoms with Gasteiger partial charge in [-0.05, 0) is 80.1 Å². The fraction of sp³-hybridized carbons (Fsp3) is 0.364. The van der Waals surface area contributed by atoms with Crippen molar-refractivity contribution in [2.75, 3.05) is 27.3 Å². The maximum absolute atomic E-state index is 12.9. The number of methoxy groups -OCH3 is 2. The zero-order chi connectivity index (χ0) is 29.4. The molecule has 0 radical (unpaired) electrons. The second-order valence-electron chi connectivity index (χ2n) is 10.4. The van der Waals surface area contributed by atoms with Crippen LogP contribution in [0.2, 0.25) is 0 Å². The van der Waals surface area contributed by atoms with Crippen LogP contribution in [0.15, 0.2) is 66.7 Å². The van der Waals surface area contributed by atoms with Crippen LogP contribution in [0.3, 0.4) is 0 Å². The predicted molar refractivity (Wildman–Crippen MR) is 152 cm³/mol. The Morgan fingerprint density at radius 3 is 2.17 bits per heavy atom. The average Bonchev–Trinajstić information content (AvgIpc) is 3.27. The van der Waals surface area contributed by atoms with Gasteiger partial charge in [0.2, 0.25) is 0 Å². The lowest BCUT2D eigenvalue weighted by molar-refractivity contribution is -0.255. The summed E-state index contributed by atoms with van der Waals surface area (Å²) in [5.41, 5.74) is 3.18. The molecule has 8 nitrogen and oxygen atoms in total. The van der Waals surface area contributed by atoms with Crippen molar-refractivity contribution < 1.29 is 33.7 Å². The molecule has 216 valence electrons. The van der Waals surface area contributed by atoms with Gasteiger partial charge in [-0.15, -0.1) is 0 Å². The van der Waals surface area contributed by atoms with Gasteiger partial charge in [0.05, 0.1) is 20.2 Å². The number of aromatic carboxylic acids is 1. The Morgan fingerprint density at radius 2 is 1.54 bits per heavy atom. The number of rotatable bonds is 8. The molecule has 8 heteroatoms. The summed E-state index contributed by atoms with van der Waals surface area (Å²) in [5.74, 6) is 0.466. The topological polar surface area (TPSA) is 105 Å². The minimum absolute atomic E-state index is 0.00926.